The average Bonchev–Trinajstić information content (AvgIpc) is 2.87. The molecule has 1 aromatic heterocycles. The summed E-state index contributed by atoms with van der Waals surface area (Å²) in [7, 11) is 1.57. The normalized spacial score (nSPS) is 10.3. The maximum absolute atomic E-state index is 11.8. The van der Waals surface area contributed by atoms with E-state index in [9.17, 15) is 9.90 Å². The first-order valence-corrected chi connectivity index (χ1v) is 6.14. The van der Waals surface area contributed by atoms with Gasteiger partial charge in [-0.15, -0.1) is 9.89 Å². The van der Waals surface area contributed by atoms with Crippen molar-refractivity contribution in [2.75, 3.05) is 13.7 Å². The number of nitrogens with zero attached hydrogens (tertiary/aromatic N) is 4. The van der Waals surface area contributed by atoms with E-state index < -0.39 is 11.8 Å². The van der Waals surface area contributed by atoms with E-state index in [0.29, 0.717) is 5.75 Å². The van der Waals surface area contributed by atoms with Crippen LogP contribution in [-0.4, -0.2) is 41.0 Å². The van der Waals surface area contributed by atoms with Crippen molar-refractivity contribution < 1.29 is 48.9 Å². The van der Waals surface area contributed by atoms with Gasteiger partial charge in [0.25, 0.3) is 0 Å². The van der Waals surface area contributed by atoms with Gasteiger partial charge in [0, 0.05) is 5.88 Å². The molecular weight excluding hydrogens is 299 g/mol. The van der Waals surface area contributed by atoms with Gasteiger partial charge >= 0.3 is 35.5 Å². The summed E-state index contributed by atoms with van der Waals surface area (Å²) in [5, 5.41) is 22.6. The molecule has 0 fully saturated rings. The summed E-state index contributed by atoms with van der Waals surface area (Å²) in [6, 6.07) is 7.03. The zero-order valence-electron chi connectivity index (χ0n) is 12.5. The van der Waals surface area contributed by atoms with Crippen LogP contribution in [-0.2, 0) is 4.74 Å². The molecule has 0 saturated heterocycles. The van der Waals surface area contributed by atoms with Gasteiger partial charge < -0.3 is 14.6 Å². The SMILES string of the molecule is CCOC(=O)c1nnn(N=Cc2ccc(OC)cc2)c1[O-].[Na+]. The van der Waals surface area contributed by atoms with Crippen LogP contribution in [0.15, 0.2) is 29.4 Å². The molecule has 0 spiro atoms. The van der Waals surface area contributed by atoms with E-state index in [0.717, 1.165) is 10.4 Å². The van der Waals surface area contributed by atoms with E-state index in [2.05, 4.69) is 20.2 Å². The first-order chi connectivity index (χ1) is 10.2. The summed E-state index contributed by atoms with van der Waals surface area (Å²) < 4.78 is 9.72. The molecular formula is C13H13N4NaO4. The van der Waals surface area contributed by atoms with E-state index in [1.165, 1.54) is 6.21 Å². The molecule has 2 rings (SSSR count). The number of methoxy groups -OCH3 is 1. The third-order valence-electron chi connectivity index (χ3n) is 2.51. The fourth-order valence-electron chi connectivity index (χ4n) is 1.48. The number of rotatable bonds is 5. The summed E-state index contributed by atoms with van der Waals surface area (Å²) in [4.78, 5) is 12.2. The van der Waals surface area contributed by atoms with Gasteiger partial charge in [-0.25, -0.2) is 4.79 Å². The van der Waals surface area contributed by atoms with Crippen LogP contribution in [0, 0.1) is 0 Å². The molecule has 0 unspecified atom stereocenters. The van der Waals surface area contributed by atoms with Crippen molar-refractivity contribution in [1.82, 2.24) is 15.1 Å². The Balaban J connectivity index is 0.00000242. The number of hydrogen-bond acceptors (Lipinski definition) is 7. The van der Waals surface area contributed by atoms with E-state index in [1.807, 2.05) is 0 Å². The Hall–Kier alpha value is -1.90. The monoisotopic (exact) mass is 312 g/mol. The summed E-state index contributed by atoms with van der Waals surface area (Å²) >= 11 is 0. The van der Waals surface area contributed by atoms with Gasteiger partial charge in [0.05, 0.1) is 19.9 Å². The maximum Gasteiger partial charge on any atom is 1.00 e. The third kappa shape index (κ3) is 4.30. The van der Waals surface area contributed by atoms with Crippen LogP contribution in [0.4, 0.5) is 0 Å². The smallest absolute Gasteiger partial charge is 0.856 e. The number of ether oxygens (including phenoxy) is 2. The number of carbonyl (C=O) groups is 1. The van der Waals surface area contributed by atoms with Crippen LogP contribution in [0.1, 0.15) is 23.0 Å². The zero-order valence-corrected chi connectivity index (χ0v) is 14.5. The van der Waals surface area contributed by atoms with E-state index >= 15 is 0 Å². The largest absolute Gasteiger partial charge is 1.00 e. The molecule has 0 amide bonds. The average molecular weight is 312 g/mol. The first-order valence-electron chi connectivity index (χ1n) is 6.14. The van der Waals surface area contributed by atoms with Crippen molar-refractivity contribution in [1.29, 1.82) is 0 Å². The first kappa shape index (κ1) is 18.1. The predicted octanol–water partition coefficient (Wildman–Crippen LogP) is -2.58. The molecule has 9 heteroatoms. The molecule has 2 aromatic rings. The van der Waals surface area contributed by atoms with Gasteiger partial charge in [-0.2, -0.15) is 5.10 Å². The molecule has 110 valence electrons. The number of carbonyl (C=O) groups excluding carboxylic acids is 1. The van der Waals surface area contributed by atoms with Crippen LogP contribution in [0.5, 0.6) is 11.6 Å². The minimum Gasteiger partial charge on any atom is -0.856 e. The number of hydrogen-bond donors (Lipinski definition) is 0. The summed E-state index contributed by atoms with van der Waals surface area (Å²) in [5.74, 6) is -0.825. The molecule has 0 aliphatic rings. The minimum atomic E-state index is -0.812. The molecule has 0 N–H and O–H groups in total. The standard InChI is InChI=1S/C13H14N4O4.Na/c1-3-21-13(19)11-12(18)17(16-15-11)14-8-9-4-6-10(20-2)7-5-9;/h4-8,18H,3H2,1-2H3;/q;+1/p-1. The fourth-order valence-corrected chi connectivity index (χ4v) is 1.48. The van der Waals surface area contributed by atoms with Crippen LogP contribution in [0.25, 0.3) is 0 Å². The quantitative estimate of drug-likeness (QED) is 0.341. The van der Waals surface area contributed by atoms with Crippen LogP contribution in [0.2, 0.25) is 0 Å². The van der Waals surface area contributed by atoms with Gasteiger partial charge in [-0.1, -0.05) is 0 Å². The number of aromatic nitrogens is 3. The Bertz CT molecular complexity index is 655. The van der Waals surface area contributed by atoms with E-state index in [4.69, 9.17) is 4.74 Å². The molecule has 0 aliphatic heterocycles. The molecule has 0 bridgehead atoms. The molecule has 1 heterocycles. The summed E-state index contributed by atoms with van der Waals surface area (Å²) in [5.41, 5.74) is 0.354. The van der Waals surface area contributed by atoms with Crippen molar-refractivity contribution in [3.8, 4) is 11.6 Å². The topological polar surface area (TPSA) is 102 Å². The molecule has 0 saturated carbocycles. The van der Waals surface area contributed by atoms with Gasteiger partial charge in [0.15, 0.2) is 5.69 Å². The van der Waals surface area contributed by atoms with E-state index in [-0.39, 0.29) is 41.9 Å². The minimum absolute atomic E-state index is 0. The van der Waals surface area contributed by atoms with Gasteiger partial charge in [-0.05, 0) is 42.0 Å². The van der Waals surface area contributed by atoms with Crippen molar-refractivity contribution in [3.05, 3.63) is 35.5 Å². The Morgan fingerprint density at radius 3 is 2.68 bits per heavy atom. The molecule has 22 heavy (non-hydrogen) atoms. The Kier molecular flexibility index (Phi) is 7.03. The number of esters is 1. The fraction of sp³-hybridized carbons (Fsp3) is 0.231. The van der Waals surface area contributed by atoms with Gasteiger partial charge in [0.2, 0.25) is 0 Å². The van der Waals surface area contributed by atoms with Crippen LogP contribution in [0.3, 0.4) is 0 Å². The summed E-state index contributed by atoms with van der Waals surface area (Å²) in [6.45, 7) is 1.79. The molecule has 1 aromatic carbocycles. The van der Waals surface area contributed by atoms with Crippen molar-refractivity contribution in [2.24, 2.45) is 5.10 Å². The maximum atomic E-state index is 11.8. The second-order valence-electron chi connectivity index (χ2n) is 3.87. The molecule has 8 nitrogen and oxygen atoms in total. The van der Waals surface area contributed by atoms with Gasteiger partial charge in [-0.3, -0.25) is 0 Å². The molecule has 0 atom stereocenters. The zero-order chi connectivity index (χ0) is 15.2. The Labute approximate surface area is 149 Å². The second-order valence-corrected chi connectivity index (χ2v) is 3.87. The molecule has 0 aliphatic carbocycles. The van der Waals surface area contributed by atoms with Crippen LogP contribution >= 0.6 is 0 Å². The predicted molar refractivity (Wildman–Crippen MR) is 71.4 cm³/mol. The third-order valence-corrected chi connectivity index (χ3v) is 2.51. The Morgan fingerprint density at radius 2 is 2.09 bits per heavy atom. The number of benzene rings is 1. The second kappa shape index (κ2) is 8.52. The van der Waals surface area contributed by atoms with Crippen molar-refractivity contribution >= 4 is 12.2 Å². The molecule has 0 radical (unpaired) electrons. The van der Waals surface area contributed by atoms with Crippen molar-refractivity contribution in [2.45, 2.75) is 6.92 Å². The van der Waals surface area contributed by atoms with Crippen LogP contribution < -0.4 is 39.4 Å². The van der Waals surface area contributed by atoms with E-state index in [1.54, 1.807) is 38.3 Å². The summed E-state index contributed by atoms with van der Waals surface area (Å²) in [6.07, 6.45) is 1.42. The van der Waals surface area contributed by atoms with Crippen molar-refractivity contribution in [3.63, 3.8) is 0 Å². The van der Waals surface area contributed by atoms with Gasteiger partial charge in [0.1, 0.15) is 5.75 Å². The Morgan fingerprint density at radius 1 is 1.41 bits per heavy atom.